The van der Waals surface area contributed by atoms with Gasteiger partial charge in [0.2, 0.25) is 5.91 Å². The van der Waals surface area contributed by atoms with Gasteiger partial charge in [-0.05, 0) is 25.0 Å². The molecule has 1 aliphatic heterocycles. The van der Waals surface area contributed by atoms with Crippen molar-refractivity contribution in [2.45, 2.75) is 18.9 Å². The van der Waals surface area contributed by atoms with E-state index in [4.69, 9.17) is 4.74 Å². The first kappa shape index (κ1) is 11.4. The molecule has 1 aromatic rings. The number of para-hydroxylation sites is 1. The third-order valence-electron chi connectivity index (χ3n) is 2.53. The maximum atomic E-state index is 11.5. The summed E-state index contributed by atoms with van der Waals surface area (Å²) in [5, 5.41) is 5.24. The average molecular weight is 234 g/mol. The molecule has 0 bridgehead atoms. The highest BCUT2D eigenvalue weighted by atomic mass is 16.6. The van der Waals surface area contributed by atoms with Crippen molar-refractivity contribution in [1.82, 2.24) is 10.6 Å². The Morgan fingerprint density at radius 3 is 2.82 bits per heavy atom. The minimum atomic E-state index is -0.599. The molecule has 1 aliphatic rings. The van der Waals surface area contributed by atoms with Gasteiger partial charge in [-0.15, -0.1) is 0 Å². The van der Waals surface area contributed by atoms with E-state index < -0.39 is 12.1 Å². The minimum Gasteiger partial charge on any atom is -0.410 e. The van der Waals surface area contributed by atoms with Crippen molar-refractivity contribution in [1.29, 1.82) is 0 Å². The number of rotatable bonds is 2. The summed E-state index contributed by atoms with van der Waals surface area (Å²) in [6.07, 6.45) is 0.913. The predicted molar refractivity (Wildman–Crippen MR) is 61.6 cm³/mol. The minimum absolute atomic E-state index is 0.152. The second-order valence-electron chi connectivity index (χ2n) is 3.83. The SMILES string of the molecule is O=C(NC1CCCNC1=O)Oc1ccccc1. The number of hydrogen-bond acceptors (Lipinski definition) is 3. The smallest absolute Gasteiger partial charge is 0.410 e. The molecule has 2 rings (SSSR count). The summed E-state index contributed by atoms with van der Waals surface area (Å²) < 4.78 is 5.04. The van der Waals surface area contributed by atoms with Gasteiger partial charge in [0, 0.05) is 6.54 Å². The molecule has 1 atom stereocenters. The average Bonchev–Trinajstić information content (AvgIpc) is 2.33. The van der Waals surface area contributed by atoms with Crippen LogP contribution in [0.5, 0.6) is 5.75 Å². The van der Waals surface area contributed by atoms with Gasteiger partial charge in [0.1, 0.15) is 11.8 Å². The van der Waals surface area contributed by atoms with Crippen LogP contribution in [0.15, 0.2) is 30.3 Å². The molecule has 1 unspecified atom stereocenters. The van der Waals surface area contributed by atoms with Gasteiger partial charge in [-0.25, -0.2) is 4.79 Å². The quantitative estimate of drug-likeness (QED) is 0.803. The standard InChI is InChI=1S/C12H14N2O3/c15-11-10(7-4-8-13-11)14-12(16)17-9-5-2-1-3-6-9/h1-3,5-6,10H,4,7-8H2,(H,13,15)(H,14,16). The number of nitrogens with one attached hydrogen (secondary N) is 2. The number of ether oxygens (including phenoxy) is 1. The van der Waals surface area contributed by atoms with Crippen LogP contribution in [0, 0.1) is 0 Å². The van der Waals surface area contributed by atoms with Crippen LogP contribution in [0.1, 0.15) is 12.8 Å². The molecule has 0 saturated carbocycles. The first-order chi connectivity index (χ1) is 8.25. The zero-order valence-corrected chi connectivity index (χ0v) is 9.31. The molecule has 0 radical (unpaired) electrons. The van der Waals surface area contributed by atoms with Crippen molar-refractivity contribution in [3.8, 4) is 5.75 Å². The summed E-state index contributed by atoms with van der Waals surface area (Å²) in [7, 11) is 0. The van der Waals surface area contributed by atoms with Crippen molar-refractivity contribution >= 4 is 12.0 Å². The van der Waals surface area contributed by atoms with Gasteiger partial charge in [-0.3, -0.25) is 4.79 Å². The predicted octanol–water partition coefficient (Wildman–Crippen LogP) is 1.05. The third kappa shape index (κ3) is 3.21. The lowest BCUT2D eigenvalue weighted by Gasteiger charge is -2.22. The lowest BCUT2D eigenvalue weighted by Crippen LogP contribution is -2.50. The summed E-state index contributed by atoms with van der Waals surface area (Å²) in [4.78, 5) is 22.9. The zero-order chi connectivity index (χ0) is 12.1. The second kappa shape index (κ2) is 5.34. The fraction of sp³-hybridized carbons (Fsp3) is 0.333. The largest absolute Gasteiger partial charge is 0.413 e. The maximum Gasteiger partial charge on any atom is 0.413 e. The second-order valence-corrected chi connectivity index (χ2v) is 3.83. The molecule has 2 N–H and O–H groups in total. The molecule has 17 heavy (non-hydrogen) atoms. The van der Waals surface area contributed by atoms with Crippen LogP contribution in [0.4, 0.5) is 4.79 Å². The summed E-state index contributed by atoms with van der Waals surface area (Å²) >= 11 is 0. The van der Waals surface area contributed by atoms with Gasteiger partial charge in [0.25, 0.3) is 0 Å². The van der Waals surface area contributed by atoms with Crippen LogP contribution in [0.2, 0.25) is 0 Å². The lowest BCUT2D eigenvalue weighted by atomic mass is 10.1. The monoisotopic (exact) mass is 234 g/mol. The van der Waals surface area contributed by atoms with E-state index in [1.54, 1.807) is 24.3 Å². The summed E-state index contributed by atoms with van der Waals surface area (Å²) in [6, 6.07) is 8.26. The molecule has 5 nitrogen and oxygen atoms in total. The van der Waals surface area contributed by atoms with E-state index in [1.165, 1.54) is 0 Å². The zero-order valence-electron chi connectivity index (χ0n) is 9.31. The highest BCUT2D eigenvalue weighted by Crippen LogP contribution is 2.09. The molecule has 5 heteroatoms. The van der Waals surface area contributed by atoms with Crippen LogP contribution in [0.25, 0.3) is 0 Å². The van der Waals surface area contributed by atoms with Gasteiger partial charge in [-0.2, -0.15) is 0 Å². The molecule has 1 saturated heterocycles. The van der Waals surface area contributed by atoms with Crippen LogP contribution in [-0.2, 0) is 4.79 Å². The fourth-order valence-corrected chi connectivity index (χ4v) is 1.68. The van der Waals surface area contributed by atoms with E-state index in [-0.39, 0.29) is 5.91 Å². The van der Waals surface area contributed by atoms with E-state index >= 15 is 0 Å². The van der Waals surface area contributed by atoms with Crippen LogP contribution in [0.3, 0.4) is 0 Å². The molecule has 1 aromatic carbocycles. The third-order valence-corrected chi connectivity index (χ3v) is 2.53. The molecular formula is C12H14N2O3. The van der Waals surface area contributed by atoms with Gasteiger partial charge in [-0.1, -0.05) is 18.2 Å². The summed E-state index contributed by atoms with van der Waals surface area (Å²) in [5.74, 6) is 0.308. The van der Waals surface area contributed by atoms with E-state index in [0.29, 0.717) is 18.7 Å². The maximum absolute atomic E-state index is 11.5. The first-order valence-electron chi connectivity index (χ1n) is 5.57. The Labute approximate surface area is 99.2 Å². The topological polar surface area (TPSA) is 67.4 Å². The van der Waals surface area contributed by atoms with Gasteiger partial charge >= 0.3 is 6.09 Å². The van der Waals surface area contributed by atoms with E-state index in [9.17, 15) is 9.59 Å². The van der Waals surface area contributed by atoms with Crippen molar-refractivity contribution in [3.05, 3.63) is 30.3 Å². The van der Waals surface area contributed by atoms with E-state index in [2.05, 4.69) is 10.6 Å². The highest BCUT2D eigenvalue weighted by molar-refractivity contribution is 5.86. The Morgan fingerprint density at radius 2 is 2.12 bits per heavy atom. The van der Waals surface area contributed by atoms with Crippen LogP contribution in [-0.4, -0.2) is 24.6 Å². The van der Waals surface area contributed by atoms with Gasteiger partial charge in [0.05, 0.1) is 0 Å². The Bertz CT molecular complexity index is 405. The Kier molecular flexibility index (Phi) is 3.59. The Balaban J connectivity index is 1.87. The number of amides is 2. The summed E-state index contributed by atoms with van der Waals surface area (Å²) in [5.41, 5.74) is 0. The van der Waals surface area contributed by atoms with E-state index in [0.717, 1.165) is 6.42 Å². The van der Waals surface area contributed by atoms with Gasteiger partial charge in [0.15, 0.2) is 0 Å². The number of piperidine rings is 1. The lowest BCUT2D eigenvalue weighted by molar-refractivity contribution is -0.124. The number of carbonyl (C=O) groups excluding carboxylic acids is 2. The van der Waals surface area contributed by atoms with Crippen LogP contribution < -0.4 is 15.4 Å². The van der Waals surface area contributed by atoms with Gasteiger partial charge < -0.3 is 15.4 Å². The number of benzene rings is 1. The number of hydrogen-bond donors (Lipinski definition) is 2. The van der Waals surface area contributed by atoms with Crippen molar-refractivity contribution in [2.24, 2.45) is 0 Å². The molecule has 2 amide bonds. The van der Waals surface area contributed by atoms with Crippen LogP contribution >= 0.6 is 0 Å². The highest BCUT2D eigenvalue weighted by Gasteiger charge is 2.24. The Morgan fingerprint density at radius 1 is 1.35 bits per heavy atom. The normalized spacial score (nSPS) is 19.3. The summed E-state index contributed by atoms with van der Waals surface area (Å²) in [6.45, 7) is 0.671. The van der Waals surface area contributed by atoms with E-state index in [1.807, 2.05) is 6.07 Å². The van der Waals surface area contributed by atoms with Crippen molar-refractivity contribution in [2.75, 3.05) is 6.54 Å². The molecule has 0 aromatic heterocycles. The Hall–Kier alpha value is -2.04. The number of carbonyl (C=O) groups is 2. The van der Waals surface area contributed by atoms with Crippen molar-refractivity contribution < 1.29 is 14.3 Å². The van der Waals surface area contributed by atoms with Crippen molar-refractivity contribution in [3.63, 3.8) is 0 Å². The first-order valence-corrected chi connectivity index (χ1v) is 5.57. The molecule has 1 fully saturated rings. The molecular weight excluding hydrogens is 220 g/mol. The molecule has 1 heterocycles. The fourth-order valence-electron chi connectivity index (χ4n) is 1.68. The molecule has 0 spiro atoms. The molecule has 0 aliphatic carbocycles. The molecule has 90 valence electrons.